The van der Waals surface area contributed by atoms with Crippen LogP contribution in [0, 0.1) is 12.3 Å². The summed E-state index contributed by atoms with van der Waals surface area (Å²) in [5.74, 6) is -1.67. The standard InChI is InChI=1S/C31H30F4N6O4S/c1-20-5-7-23(8-6-20)26-16-27(31(33,34)35)39-41(26)24-9-11-25(12-10-24)46(44,45)40-30(43)14-13-29(42)38-19-22-4-2-3-21(15-22)18-37-28(36)17-32/h2-12,15-16H,13-14,17-19H2,1H3,(H2,36,37)(H,38,42)(H,40,43). The van der Waals surface area contributed by atoms with Crippen LogP contribution in [0.4, 0.5) is 17.6 Å². The van der Waals surface area contributed by atoms with Gasteiger partial charge in [0.1, 0.15) is 12.5 Å². The number of benzene rings is 3. The Hall–Kier alpha value is -5.05. The Balaban J connectivity index is 1.35. The number of hydrogen-bond acceptors (Lipinski definition) is 6. The first-order valence-corrected chi connectivity index (χ1v) is 15.4. The topological polar surface area (TPSA) is 146 Å². The quantitative estimate of drug-likeness (QED) is 0.0978. The second-order valence-corrected chi connectivity index (χ2v) is 12.0. The lowest BCUT2D eigenvalue weighted by atomic mass is 10.1. The first-order valence-electron chi connectivity index (χ1n) is 13.9. The molecular weight excluding hydrogens is 628 g/mol. The summed E-state index contributed by atoms with van der Waals surface area (Å²) < 4.78 is 81.5. The third kappa shape index (κ3) is 9.00. The lowest BCUT2D eigenvalue weighted by molar-refractivity contribution is -0.141. The van der Waals surface area contributed by atoms with E-state index in [-0.39, 0.29) is 41.6 Å². The minimum atomic E-state index is -4.71. The zero-order valence-corrected chi connectivity index (χ0v) is 25.3. The molecule has 10 nitrogen and oxygen atoms in total. The van der Waals surface area contributed by atoms with Crippen LogP contribution in [0.1, 0.15) is 35.2 Å². The van der Waals surface area contributed by atoms with Gasteiger partial charge in [-0.1, -0.05) is 54.1 Å². The zero-order valence-electron chi connectivity index (χ0n) is 24.5. The number of amidine groups is 1. The average Bonchev–Trinajstić information content (AvgIpc) is 3.48. The first kappa shape index (κ1) is 33.8. The maximum atomic E-state index is 13.5. The lowest BCUT2D eigenvalue weighted by Crippen LogP contribution is -2.32. The third-order valence-electron chi connectivity index (χ3n) is 6.69. The van der Waals surface area contributed by atoms with Crippen molar-refractivity contribution in [3.63, 3.8) is 0 Å². The van der Waals surface area contributed by atoms with Crippen LogP contribution in [-0.4, -0.2) is 42.5 Å². The maximum absolute atomic E-state index is 13.5. The average molecular weight is 659 g/mol. The molecule has 0 saturated carbocycles. The van der Waals surface area contributed by atoms with E-state index < -0.39 is 46.8 Å². The number of hydrogen-bond donors (Lipinski definition) is 4. The van der Waals surface area contributed by atoms with Gasteiger partial charge in [0.25, 0.3) is 10.0 Å². The Kier molecular flexibility index (Phi) is 10.6. The summed E-state index contributed by atoms with van der Waals surface area (Å²) in [7, 11) is -4.35. The molecule has 4 aromatic rings. The molecule has 46 heavy (non-hydrogen) atoms. The van der Waals surface area contributed by atoms with E-state index in [1.54, 1.807) is 48.5 Å². The molecule has 1 aromatic heterocycles. The molecule has 0 atom stereocenters. The predicted molar refractivity (Wildman–Crippen MR) is 162 cm³/mol. The summed E-state index contributed by atoms with van der Waals surface area (Å²) in [6, 6.07) is 19.5. The van der Waals surface area contributed by atoms with Gasteiger partial charge in [0.05, 0.1) is 16.3 Å². The molecular formula is C31H30F4N6O4S. The SMILES string of the molecule is Cc1ccc(-c2cc(C(F)(F)F)nn2-c2ccc(S(=O)(=O)NC(=O)CCC(=O)NCc3cccc(CNC(=N)CF)c3)cc2)cc1. The number of aryl methyl sites for hydroxylation is 1. The smallest absolute Gasteiger partial charge is 0.368 e. The van der Waals surface area contributed by atoms with E-state index in [0.717, 1.165) is 39.6 Å². The van der Waals surface area contributed by atoms with Gasteiger partial charge in [-0.2, -0.15) is 18.3 Å². The summed E-state index contributed by atoms with van der Waals surface area (Å²) in [6.45, 7) is 1.29. The molecule has 0 bridgehead atoms. The van der Waals surface area contributed by atoms with Crippen molar-refractivity contribution in [1.29, 1.82) is 5.41 Å². The van der Waals surface area contributed by atoms with Crippen molar-refractivity contribution in [1.82, 2.24) is 25.1 Å². The second kappa shape index (κ2) is 14.4. The highest BCUT2D eigenvalue weighted by atomic mass is 32.2. The number of halogens is 4. The summed E-state index contributed by atoms with van der Waals surface area (Å²) in [4.78, 5) is 24.3. The van der Waals surface area contributed by atoms with E-state index in [0.29, 0.717) is 5.56 Å². The van der Waals surface area contributed by atoms with Crippen LogP contribution < -0.4 is 15.4 Å². The molecule has 0 saturated heterocycles. The van der Waals surface area contributed by atoms with Crippen LogP contribution >= 0.6 is 0 Å². The van der Waals surface area contributed by atoms with Crippen molar-refractivity contribution in [2.24, 2.45) is 0 Å². The highest BCUT2D eigenvalue weighted by Gasteiger charge is 2.35. The van der Waals surface area contributed by atoms with Crippen molar-refractivity contribution in [3.05, 3.63) is 101 Å². The first-order chi connectivity index (χ1) is 21.7. The molecule has 3 aromatic carbocycles. The van der Waals surface area contributed by atoms with Crippen molar-refractivity contribution in [2.75, 3.05) is 6.67 Å². The zero-order chi connectivity index (χ0) is 33.5. The Morgan fingerprint density at radius 2 is 1.48 bits per heavy atom. The van der Waals surface area contributed by atoms with E-state index in [4.69, 9.17) is 5.41 Å². The van der Waals surface area contributed by atoms with Crippen molar-refractivity contribution >= 4 is 27.7 Å². The number of alkyl halides is 4. The van der Waals surface area contributed by atoms with Gasteiger partial charge in [-0.25, -0.2) is 22.2 Å². The maximum Gasteiger partial charge on any atom is 0.435 e. The van der Waals surface area contributed by atoms with Gasteiger partial charge in [-0.15, -0.1) is 0 Å². The number of aromatic nitrogens is 2. The Labute approximate surface area is 262 Å². The van der Waals surface area contributed by atoms with E-state index >= 15 is 0 Å². The fourth-order valence-electron chi connectivity index (χ4n) is 4.29. The number of nitrogens with one attached hydrogen (secondary N) is 4. The molecule has 0 aliphatic carbocycles. The molecule has 242 valence electrons. The summed E-state index contributed by atoms with van der Waals surface area (Å²) in [5.41, 5.74) is 2.07. The highest BCUT2D eigenvalue weighted by molar-refractivity contribution is 7.90. The molecule has 4 N–H and O–H groups in total. The molecule has 0 radical (unpaired) electrons. The monoisotopic (exact) mass is 658 g/mol. The molecule has 2 amide bonds. The van der Waals surface area contributed by atoms with Gasteiger partial charge in [0, 0.05) is 31.5 Å². The Morgan fingerprint density at radius 3 is 2.09 bits per heavy atom. The fourth-order valence-corrected chi connectivity index (χ4v) is 5.31. The van der Waals surface area contributed by atoms with Crippen LogP contribution in [0.5, 0.6) is 0 Å². The van der Waals surface area contributed by atoms with Crippen LogP contribution in [0.2, 0.25) is 0 Å². The number of amides is 2. The van der Waals surface area contributed by atoms with Crippen LogP contribution in [0.15, 0.2) is 83.8 Å². The number of rotatable bonds is 12. The lowest BCUT2D eigenvalue weighted by Gasteiger charge is -2.11. The molecule has 1 heterocycles. The summed E-state index contributed by atoms with van der Waals surface area (Å²) >= 11 is 0. The molecule has 0 unspecified atom stereocenters. The van der Waals surface area contributed by atoms with E-state index in [1.165, 1.54) is 12.1 Å². The number of nitrogens with zero attached hydrogens (tertiary/aromatic N) is 2. The van der Waals surface area contributed by atoms with E-state index in [9.17, 15) is 35.6 Å². The Bertz CT molecular complexity index is 1820. The van der Waals surface area contributed by atoms with Gasteiger partial charge in [-0.05, 0) is 48.4 Å². The van der Waals surface area contributed by atoms with Gasteiger partial charge < -0.3 is 10.6 Å². The van der Waals surface area contributed by atoms with Crippen molar-refractivity contribution in [2.45, 2.75) is 43.9 Å². The van der Waals surface area contributed by atoms with Crippen LogP contribution in [0.3, 0.4) is 0 Å². The van der Waals surface area contributed by atoms with Gasteiger partial charge in [-0.3, -0.25) is 15.0 Å². The molecule has 15 heteroatoms. The largest absolute Gasteiger partial charge is 0.435 e. The molecule has 0 spiro atoms. The van der Waals surface area contributed by atoms with E-state index in [2.05, 4.69) is 15.7 Å². The summed E-state index contributed by atoms with van der Waals surface area (Å²) in [6.07, 6.45) is -5.43. The molecule has 0 aliphatic heterocycles. The molecule has 4 rings (SSSR count). The predicted octanol–water partition coefficient (Wildman–Crippen LogP) is 4.80. The Morgan fingerprint density at radius 1 is 0.870 bits per heavy atom. The number of sulfonamides is 1. The fraction of sp³-hybridized carbons (Fsp3) is 0.226. The van der Waals surface area contributed by atoms with Gasteiger partial charge in [0.2, 0.25) is 11.8 Å². The minimum absolute atomic E-state index is 0.131. The minimum Gasteiger partial charge on any atom is -0.368 e. The van der Waals surface area contributed by atoms with Crippen molar-refractivity contribution in [3.8, 4) is 16.9 Å². The normalized spacial score (nSPS) is 11.6. The highest BCUT2D eigenvalue weighted by Crippen LogP contribution is 2.33. The second-order valence-electron chi connectivity index (χ2n) is 10.3. The van der Waals surface area contributed by atoms with Crippen molar-refractivity contribution < 1.29 is 35.6 Å². The number of carbonyl (C=O) groups is 2. The summed E-state index contributed by atoms with van der Waals surface area (Å²) in [5, 5.41) is 16.3. The van der Waals surface area contributed by atoms with E-state index in [1.807, 2.05) is 11.6 Å². The van der Waals surface area contributed by atoms with Crippen LogP contribution in [0.25, 0.3) is 16.9 Å². The van der Waals surface area contributed by atoms with Gasteiger partial charge >= 0.3 is 6.18 Å². The van der Waals surface area contributed by atoms with Gasteiger partial charge in [0.15, 0.2) is 5.69 Å². The molecule has 0 fully saturated rings. The van der Waals surface area contributed by atoms with Crippen LogP contribution in [-0.2, 0) is 38.9 Å². The molecule has 0 aliphatic rings. The third-order valence-corrected chi connectivity index (χ3v) is 8.08. The number of carbonyl (C=O) groups excluding carboxylic acids is 2.